The fourth-order valence-corrected chi connectivity index (χ4v) is 3.33. The number of aliphatic hydroxyl groups excluding tert-OH is 1. The molecular formula is C24H28Cl2FN3O3. The van der Waals surface area contributed by atoms with E-state index in [0.717, 1.165) is 5.56 Å². The smallest absolute Gasteiger partial charge is 0.253 e. The molecule has 0 saturated heterocycles. The van der Waals surface area contributed by atoms with Gasteiger partial charge in [-0.1, -0.05) is 36.4 Å². The molecule has 1 heterocycles. The van der Waals surface area contributed by atoms with Crippen molar-refractivity contribution in [2.24, 2.45) is 5.73 Å². The van der Waals surface area contributed by atoms with E-state index < -0.39 is 12.1 Å². The molecule has 4 N–H and O–H groups in total. The zero-order valence-corrected chi connectivity index (χ0v) is 19.7. The maximum atomic E-state index is 13.9. The van der Waals surface area contributed by atoms with Crippen molar-refractivity contribution >= 4 is 30.7 Å². The number of aromatic nitrogens is 1. The summed E-state index contributed by atoms with van der Waals surface area (Å²) in [6, 6.07) is 16.3. The number of nitrogens with zero attached hydrogens (tertiary/aromatic N) is 1. The van der Waals surface area contributed by atoms with E-state index in [1.165, 1.54) is 6.07 Å². The van der Waals surface area contributed by atoms with Crippen molar-refractivity contribution in [3.8, 4) is 5.75 Å². The average molecular weight is 496 g/mol. The minimum atomic E-state index is -0.990. The summed E-state index contributed by atoms with van der Waals surface area (Å²) < 4.78 is 19.2. The highest BCUT2D eigenvalue weighted by atomic mass is 35.5. The van der Waals surface area contributed by atoms with Crippen LogP contribution >= 0.6 is 24.8 Å². The number of aliphatic hydroxyl groups is 1. The molecule has 1 aromatic heterocycles. The van der Waals surface area contributed by atoms with E-state index in [4.69, 9.17) is 10.5 Å². The van der Waals surface area contributed by atoms with Gasteiger partial charge in [0.1, 0.15) is 11.6 Å². The highest BCUT2D eigenvalue weighted by Crippen LogP contribution is 2.18. The lowest BCUT2D eigenvalue weighted by Crippen LogP contribution is -2.39. The van der Waals surface area contributed by atoms with Crippen LogP contribution in [0.3, 0.4) is 0 Å². The molecule has 2 atom stereocenters. The Bertz CT molecular complexity index is 1040. The second-order valence-corrected chi connectivity index (χ2v) is 7.22. The summed E-state index contributed by atoms with van der Waals surface area (Å²) in [5.74, 6) is 0.00650. The lowest BCUT2D eigenvalue weighted by atomic mass is 9.97. The van der Waals surface area contributed by atoms with Gasteiger partial charge in [0.15, 0.2) is 0 Å². The van der Waals surface area contributed by atoms with E-state index in [1.807, 2.05) is 24.3 Å². The molecule has 3 aromatic rings. The Morgan fingerprint density at radius 3 is 2.42 bits per heavy atom. The summed E-state index contributed by atoms with van der Waals surface area (Å²) in [7, 11) is 1.58. The van der Waals surface area contributed by atoms with Crippen molar-refractivity contribution in [3.63, 3.8) is 0 Å². The third-order valence-corrected chi connectivity index (χ3v) is 5.08. The number of nitrogens with two attached hydrogens (primary N) is 1. The lowest BCUT2D eigenvalue weighted by Gasteiger charge is -2.20. The molecule has 0 aliphatic heterocycles. The van der Waals surface area contributed by atoms with Crippen LogP contribution in [0.4, 0.5) is 4.39 Å². The molecule has 0 aliphatic carbocycles. The van der Waals surface area contributed by atoms with Crippen molar-refractivity contribution in [2.45, 2.75) is 31.5 Å². The number of nitrogens with one attached hydrogen (secondary N) is 1. The second-order valence-electron chi connectivity index (χ2n) is 7.22. The van der Waals surface area contributed by atoms with Crippen LogP contribution in [0.5, 0.6) is 5.75 Å². The van der Waals surface area contributed by atoms with Gasteiger partial charge >= 0.3 is 0 Å². The van der Waals surface area contributed by atoms with Crippen molar-refractivity contribution < 1.29 is 19.0 Å². The van der Waals surface area contributed by atoms with Gasteiger partial charge in [-0.05, 0) is 36.2 Å². The standard InChI is InChI=1S/C24H26FN3O3.2ClH/c1-31-23-11-5-3-8-17(23)15-28-24(30)18-9-6-12-27-21(18)14-22(29)20(26)13-16-7-2-4-10-19(16)25;;/h2-12,20,22,29H,13-15,26H2,1H3,(H,28,30);2*1H/t20-,22+;;/m1../s1. The molecule has 0 radical (unpaired) electrons. The normalized spacial score (nSPS) is 12.0. The first kappa shape index (κ1) is 28.3. The Morgan fingerprint density at radius 1 is 1.06 bits per heavy atom. The molecular weight excluding hydrogens is 468 g/mol. The third-order valence-electron chi connectivity index (χ3n) is 5.08. The van der Waals surface area contributed by atoms with Crippen molar-refractivity contribution in [2.75, 3.05) is 7.11 Å². The van der Waals surface area contributed by atoms with E-state index in [1.54, 1.807) is 43.6 Å². The maximum Gasteiger partial charge on any atom is 0.253 e. The van der Waals surface area contributed by atoms with Gasteiger partial charge in [-0.15, -0.1) is 24.8 Å². The van der Waals surface area contributed by atoms with E-state index in [-0.39, 0.29) is 55.9 Å². The van der Waals surface area contributed by atoms with Crippen LogP contribution in [0.15, 0.2) is 66.9 Å². The number of methoxy groups -OCH3 is 1. The van der Waals surface area contributed by atoms with Crippen LogP contribution in [-0.4, -0.2) is 35.3 Å². The van der Waals surface area contributed by atoms with Crippen LogP contribution in [0.2, 0.25) is 0 Å². The second kappa shape index (κ2) is 13.7. The SMILES string of the molecule is COc1ccccc1CNC(=O)c1cccnc1C[C@H](O)[C@H](N)Cc1ccccc1F.Cl.Cl. The Kier molecular flexibility index (Phi) is 11.8. The van der Waals surface area contributed by atoms with Gasteiger partial charge in [0.25, 0.3) is 5.91 Å². The number of halogens is 3. The number of carbonyl (C=O) groups excluding carboxylic acids is 1. The van der Waals surface area contributed by atoms with Crippen molar-refractivity contribution in [1.82, 2.24) is 10.3 Å². The molecule has 0 aliphatic rings. The molecule has 0 bridgehead atoms. The number of hydrogen-bond acceptors (Lipinski definition) is 5. The van der Waals surface area contributed by atoms with E-state index in [2.05, 4.69) is 10.3 Å². The number of amides is 1. The van der Waals surface area contributed by atoms with Crippen LogP contribution in [0, 0.1) is 5.82 Å². The third kappa shape index (κ3) is 7.68. The molecule has 0 saturated carbocycles. The number of ether oxygens (including phenoxy) is 1. The minimum absolute atomic E-state index is 0. The van der Waals surface area contributed by atoms with Gasteiger partial charge in [0.05, 0.1) is 24.5 Å². The molecule has 33 heavy (non-hydrogen) atoms. The first-order valence-corrected chi connectivity index (χ1v) is 10.0. The van der Waals surface area contributed by atoms with Crippen LogP contribution in [0.1, 0.15) is 27.2 Å². The molecule has 178 valence electrons. The first-order chi connectivity index (χ1) is 15.0. The average Bonchev–Trinajstić information content (AvgIpc) is 2.79. The van der Waals surface area contributed by atoms with E-state index in [9.17, 15) is 14.3 Å². The number of benzene rings is 2. The lowest BCUT2D eigenvalue weighted by molar-refractivity contribution is 0.0947. The zero-order chi connectivity index (χ0) is 22.2. The monoisotopic (exact) mass is 495 g/mol. The molecule has 9 heteroatoms. The Morgan fingerprint density at radius 2 is 1.73 bits per heavy atom. The largest absolute Gasteiger partial charge is 0.496 e. The molecule has 0 fully saturated rings. The van der Waals surface area contributed by atoms with Crippen molar-refractivity contribution in [1.29, 1.82) is 0 Å². The quantitative estimate of drug-likeness (QED) is 0.422. The summed E-state index contributed by atoms with van der Waals surface area (Å²) >= 11 is 0. The minimum Gasteiger partial charge on any atom is -0.496 e. The van der Waals surface area contributed by atoms with Gasteiger partial charge in [0.2, 0.25) is 0 Å². The van der Waals surface area contributed by atoms with E-state index in [0.29, 0.717) is 22.6 Å². The molecule has 3 rings (SSSR count). The highest BCUT2D eigenvalue weighted by Gasteiger charge is 2.21. The Balaban J connectivity index is 0.00000272. The number of para-hydroxylation sites is 1. The Hall–Kier alpha value is -2.71. The summed E-state index contributed by atoms with van der Waals surface area (Å²) in [4.78, 5) is 17.0. The molecule has 2 aromatic carbocycles. The van der Waals surface area contributed by atoms with Crippen LogP contribution in [-0.2, 0) is 19.4 Å². The van der Waals surface area contributed by atoms with Gasteiger partial charge in [-0.25, -0.2) is 4.39 Å². The van der Waals surface area contributed by atoms with Gasteiger partial charge in [-0.3, -0.25) is 9.78 Å². The van der Waals surface area contributed by atoms with Crippen LogP contribution < -0.4 is 15.8 Å². The molecule has 0 spiro atoms. The summed E-state index contributed by atoms with van der Waals surface area (Å²) in [6.07, 6.45) is 0.820. The Labute approximate surface area is 205 Å². The summed E-state index contributed by atoms with van der Waals surface area (Å²) in [5, 5.41) is 13.4. The first-order valence-electron chi connectivity index (χ1n) is 10.0. The predicted molar refractivity (Wildman–Crippen MR) is 131 cm³/mol. The fraction of sp³-hybridized carbons (Fsp3) is 0.250. The predicted octanol–water partition coefficient (Wildman–Crippen LogP) is 3.48. The summed E-state index contributed by atoms with van der Waals surface area (Å²) in [6.45, 7) is 0.284. The molecule has 0 unspecified atom stereocenters. The topological polar surface area (TPSA) is 97.5 Å². The number of rotatable bonds is 9. The zero-order valence-electron chi connectivity index (χ0n) is 18.1. The van der Waals surface area contributed by atoms with E-state index >= 15 is 0 Å². The van der Waals surface area contributed by atoms with Crippen LogP contribution in [0.25, 0.3) is 0 Å². The number of pyridine rings is 1. The van der Waals surface area contributed by atoms with Crippen molar-refractivity contribution in [3.05, 3.63) is 95.1 Å². The number of hydrogen-bond donors (Lipinski definition) is 3. The van der Waals surface area contributed by atoms with Gasteiger partial charge in [0, 0.05) is 30.8 Å². The maximum absolute atomic E-state index is 13.9. The molecule has 1 amide bonds. The van der Waals surface area contributed by atoms with Gasteiger partial charge in [-0.2, -0.15) is 0 Å². The highest BCUT2D eigenvalue weighted by molar-refractivity contribution is 5.95. The van der Waals surface area contributed by atoms with Gasteiger partial charge < -0.3 is 20.9 Å². The fourth-order valence-electron chi connectivity index (χ4n) is 3.33. The molecule has 6 nitrogen and oxygen atoms in total. The number of carbonyl (C=O) groups is 1. The summed E-state index contributed by atoms with van der Waals surface area (Å²) in [5.41, 5.74) is 8.16.